The van der Waals surface area contributed by atoms with Gasteiger partial charge in [-0.15, -0.1) is 0 Å². The fraction of sp³-hybridized carbons (Fsp3) is 0.375. The maximum Gasteiger partial charge on any atom is 0.349 e. The molecule has 4 heterocycles. The summed E-state index contributed by atoms with van der Waals surface area (Å²) in [5.41, 5.74) is 5.32. The number of carbonyl (C=O) groups excluding carboxylic acids is 2. The number of aromatic amines is 1. The number of esters is 2. The zero-order valence-electron chi connectivity index (χ0n) is 32.9. The van der Waals surface area contributed by atoms with Gasteiger partial charge in [-0.1, -0.05) is 42.5 Å². The van der Waals surface area contributed by atoms with E-state index in [1.165, 1.54) is 40.3 Å². The molecule has 2 saturated heterocycles. The predicted octanol–water partition coefficient (Wildman–Crippen LogP) is 9.19. The van der Waals surface area contributed by atoms with E-state index in [-0.39, 0.29) is 16.9 Å². The van der Waals surface area contributed by atoms with Crippen LogP contribution in [0.3, 0.4) is 0 Å². The van der Waals surface area contributed by atoms with Crippen molar-refractivity contribution in [2.45, 2.75) is 56.9 Å². The number of para-hydroxylation sites is 3. The van der Waals surface area contributed by atoms with Crippen molar-refractivity contribution in [2.24, 2.45) is 5.92 Å². The Morgan fingerprint density at radius 1 is 0.655 bits per heavy atom. The number of carbonyl (C=O) groups is 2. The highest BCUT2D eigenvalue weighted by molar-refractivity contribution is 6.05. The molecule has 1 saturated carbocycles. The van der Waals surface area contributed by atoms with Crippen molar-refractivity contribution < 1.29 is 28.2 Å². The number of halogens is 1. The summed E-state index contributed by atoms with van der Waals surface area (Å²) < 4.78 is 34.1. The summed E-state index contributed by atoms with van der Waals surface area (Å²) in [6.07, 6.45) is 11.1. The first kappa shape index (κ1) is 38.1. The Bertz CT molecular complexity index is 2380. The number of nitrogens with one attached hydrogen (secondary N) is 1. The number of aromatic nitrogens is 2. The molecule has 6 aromatic rings. The van der Waals surface area contributed by atoms with Crippen LogP contribution >= 0.6 is 0 Å². The average molecular weight is 783 g/mol. The Balaban J connectivity index is 0.740. The number of ether oxygens (including phenoxy) is 3. The topological polar surface area (TPSA) is 89.0 Å². The van der Waals surface area contributed by atoms with E-state index in [9.17, 15) is 14.0 Å². The molecular formula is C48H51FN4O5. The zero-order chi connectivity index (χ0) is 39.4. The second-order valence-electron chi connectivity index (χ2n) is 16.2. The number of benzene rings is 4. The van der Waals surface area contributed by atoms with Gasteiger partial charge in [-0.2, -0.15) is 0 Å². The number of hydrogen-bond acceptors (Lipinski definition) is 7. The zero-order valence-corrected chi connectivity index (χ0v) is 32.9. The smallest absolute Gasteiger partial charge is 0.349 e. The van der Waals surface area contributed by atoms with Crippen LogP contribution in [0.15, 0.2) is 103 Å². The fourth-order valence-electron chi connectivity index (χ4n) is 9.00. The Kier molecular flexibility index (Phi) is 11.3. The molecular weight excluding hydrogens is 732 g/mol. The molecule has 9 rings (SSSR count). The van der Waals surface area contributed by atoms with Crippen molar-refractivity contribution in [3.8, 4) is 11.5 Å². The van der Waals surface area contributed by atoms with E-state index in [2.05, 4.69) is 56.0 Å². The number of H-pyrrole nitrogens is 1. The standard InChI is InChI=1S/C48H51FN4O5/c49-36-15-16-38-42(32-53(44(38)29-36)31-33-13-14-33)35-19-23-52(24-20-35)26-28-57-46-12-6-3-9-40(46)48(55)58-47(54)39-8-2-5-11-45(39)56-27-25-51-21-17-34(18-22-51)41-30-50-43-10-4-1-7-37(41)43/h1-12,15-16,29-30,32-35,50H,13-14,17-28,31H2. The van der Waals surface area contributed by atoms with E-state index in [0.29, 0.717) is 49.0 Å². The normalized spacial score (nSPS) is 17.2. The van der Waals surface area contributed by atoms with Crippen LogP contribution in [0.25, 0.3) is 21.8 Å². The third-order valence-corrected chi connectivity index (χ3v) is 12.4. The number of hydrogen-bond donors (Lipinski definition) is 1. The first-order valence-corrected chi connectivity index (χ1v) is 21.0. The molecule has 9 nitrogen and oxygen atoms in total. The molecule has 0 amide bonds. The third-order valence-electron chi connectivity index (χ3n) is 12.4. The van der Waals surface area contributed by atoms with E-state index < -0.39 is 11.9 Å². The Morgan fingerprint density at radius 2 is 1.22 bits per heavy atom. The van der Waals surface area contributed by atoms with Gasteiger partial charge in [0.2, 0.25) is 0 Å². The lowest BCUT2D eigenvalue weighted by Crippen LogP contribution is -2.36. The van der Waals surface area contributed by atoms with Gasteiger partial charge < -0.3 is 23.8 Å². The highest BCUT2D eigenvalue weighted by Crippen LogP contribution is 2.38. The molecule has 0 atom stereocenters. The minimum absolute atomic E-state index is 0.184. The lowest BCUT2D eigenvalue weighted by atomic mass is 9.89. The molecule has 3 aliphatic rings. The van der Waals surface area contributed by atoms with Crippen LogP contribution in [0.4, 0.5) is 4.39 Å². The van der Waals surface area contributed by atoms with Crippen LogP contribution < -0.4 is 9.47 Å². The molecule has 1 N–H and O–H groups in total. The second kappa shape index (κ2) is 17.2. The van der Waals surface area contributed by atoms with Gasteiger partial charge in [0.15, 0.2) is 0 Å². The van der Waals surface area contributed by atoms with Crippen molar-refractivity contribution in [2.75, 3.05) is 52.5 Å². The molecule has 0 unspecified atom stereocenters. The van der Waals surface area contributed by atoms with E-state index >= 15 is 0 Å². The minimum Gasteiger partial charge on any atom is -0.491 e. The average Bonchev–Trinajstić information content (AvgIpc) is 3.87. The monoisotopic (exact) mass is 782 g/mol. The molecule has 58 heavy (non-hydrogen) atoms. The molecule has 2 aliphatic heterocycles. The van der Waals surface area contributed by atoms with Crippen molar-refractivity contribution >= 4 is 33.7 Å². The van der Waals surface area contributed by atoms with E-state index in [4.69, 9.17) is 14.2 Å². The molecule has 300 valence electrons. The van der Waals surface area contributed by atoms with Gasteiger partial charge in [0, 0.05) is 48.3 Å². The number of fused-ring (bicyclic) bond motifs is 2. The summed E-state index contributed by atoms with van der Waals surface area (Å²) in [7, 11) is 0. The van der Waals surface area contributed by atoms with E-state index in [0.717, 1.165) is 70.5 Å². The summed E-state index contributed by atoms with van der Waals surface area (Å²) in [5.74, 6) is 0.713. The van der Waals surface area contributed by atoms with Crippen molar-refractivity contribution in [3.05, 3.63) is 131 Å². The molecule has 0 bridgehead atoms. The van der Waals surface area contributed by atoms with Crippen LogP contribution in [0.1, 0.15) is 82.2 Å². The Morgan fingerprint density at radius 3 is 1.84 bits per heavy atom. The summed E-state index contributed by atoms with van der Waals surface area (Å²) >= 11 is 0. The van der Waals surface area contributed by atoms with Gasteiger partial charge in [0.1, 0.15) is 41.7 Å². The van der Waals surface area contributed by atoms with Crippen LogP contribution in [0, 0.1) is 11.7 Å². The summed E-state index contributed by atoms with van der Waals surface area (Å²) in [5, 5.41) is 2.48. The second-order valence-corrected chi connectivity index (χ2v) is 16.2. The lowest BCUT2D eigenvalue weighted by molar-refractivity contribution is 0.0392. The Hall–Kier alpha value is -5.45. The molecule has 2 aromatic heterocycles. The van der Waals surface area contributed by atoms with Gasteiger partial charge in [-0.3, -0.25) is 9.80 Å². The Labute approximate surface area is 338 Å². The predicted molar refractivity (Wildman–Crippen MR) is 223 cm³/mol. The largest absolute Gasteiger partial charge is 0.491 e. The van der Waals surface area contributed by atoms with Crippen LogP contribution in [0.2, 0.25) is 0 Å². The lowest BCUT2D eigenvalue weighted by Gasteiger charge is -2.31. The molecule has 0 radical (unpaired) electrons. The number of piperidine rings is 2. The third kappa shape index (κ3) is 8.54. The van der Waals surface area contributed by atoms with Crippen molar-refractivity contribution in [1.82, 2.24) is 19.4 Å². The van der Waals surface area contributed by atoms with Gasteiger partial charge >= 0.3 is 11.9 Å². The van der Waals surface area contributed by atoms with Gasteiger partial charge in [0.25, 0.3) is 0 Å². The van der Waals surface area contributed by atoms with Gasteiger partial charge in [-0.25, -0.2) is 14.0 Å². The highest BCUT2D eigenvalue weighted by Gasteiger charge is 2.28. The minimum atomic E-state index is -0.769. The molecule has 1 aliphatic carbocycles. The number of nitrogens with zero attached hydrogens (tertiary/aromatic N) is 3. The first-order chi connectivity index (χ1) is 28.5. The van der Waals surface area contributed by atoms with Gasteiger partial charge in [0.05, 0.1) is 5.52 Å². The summed E-state index contributed by atoms with van der Waals surface area (Å²) in [6.45, 7) is 7.01. The van der Waals surface area contributed by atoms with Crippen molar-refractivity contribution in [3.63, 3.8) is 0 Å². The summed E-state index contributed by atoms with van der Waals surface area (Å²) in [6, 6.07) is 27.5. The molecule has 4 aromatic carbocycles. The van der Waals surface area contributed by atoms with Crippen LogP contribution in [-0.4, -0.2) is 83.8 Å². The maximum atomic E-state index is 14.2. The number of likely N-dealkylation sites (tertiary alicyclic amines) is 2. The molecule has 10 heteroatoms. The summed E-state index contributed by atoms with van der Waals surface area (Å²) in [4.78, 5) is 34.9. The molecule has 3 fully saturated rings. The fourth-order valence-corrected chi connectivity index (χ4v) is 9.00. The van der Waals surface area contributed by atoms with E-state index in [1.807, 2.05) is 12.1 Å². The van der Waals surface area contributed by atoms with Crippen LogP contribution in [-0.2, 0) is 11.3 Å². The van der Waals surface area contributed by atoms with E-state index in [1.54, 1.807) is 54.6 Å². The first-order valence-electron chi connectivity index (χ1n) is 21.0. The quantitative estimate of drug-likeness (QED) is 0.0871. The van der Waals surface area contributed by atoms with Crippen molar-refractivity contribution in [1.29, 1.82) is 0 Å². The number of rotatable bonds is 14. The van der Waals surface area contributed by atoms with Gasteiger partial charge in [-0.05, 0) is 142 Å². The highest BCUT2D eigenvalue weighted by atomic mass is 19.1. The SMILES string of the molecule is O=C(OC(=O)c1ccccc1OCCN1CCC(c2cn(CC3CC3)c3cc(F)ccc23)CC1)c1ccccc1OCCN1CCC(c2c[nH]c3ccccc23)CC1. The van der Waals surface area contributed by atoms with Crippen LogP contribution in [0.5, 0.6) is 11.5 Å². The molecule has 0 spiro atoms. The maximum absolute atomic E-state index is 14.2.